The second-order valence-corrected chi connectivity index (χ2v) is 20.6. The Hall–Kier alpha value is -5.58. The van der Waals surface area contributed by atoms with Gasteiger partial charge in [0, 0.05) is 151 Å². The van der Waals surface area contributed by atoms with Crippen LogP contribution in [-0.2, 0) is 28.2 Å². The Bertz CT molecular complexity index is 2740. The summed E-state index contributed by atoms with van der Waals surface area (Å²) in [5.74, 6) is -1.43. The fraction of sp³-hybridized carbons (Fsp3) is 0.458. The van der Waals surface area contributed by atoms with Crippen LogP contribution in [0.15, 0.2) is 80.8 Å². The summed E-state index contributed by atoms with van der Waals surface area (Å²) in [6.07, 6.45) is 7.02. The Kier molecular flexibility index (Phi) is 14.8. The molecule has 10 rings (SSSR count). The topological polar surface area (TPSA) is 118 Å². The first-order valence-electron chi connectivity index (χ1n) is 23.3. The maximum Gasteiger partial charge on any atom is 0.250 e. The van der Waals surface area contributed by atoms with Crippen LogP contribution in [0.2, 0.25) is 0 Å². The van der Waals surface area contributed by atoms with Gasteiger partial charge in [-0.2, -0.15) is 0 Å². The smallest absolute Gasteiger partial charge is 0.250 e. The minimum atomic E-state index is -0.895. The van der Waals surface area contributed by atoms with Gasteiger partial charge in [-0.05, 0) is 62.7 Å². The van der Waals surface area contributed by atoms with E-state index in [1.165, 1.54) is 9.13 Å². The molecule has 4 atom stereocenters. The van der Waals surface area contributed by atoms with Crippen molar-refractivity contribution in [2.24, 2.45) is 40.0 Å². The summed E-state index contributed by atoms with van der Waals surface area (Å²) >= 11 is 3.22. The monoisotopic (exact) mass is 1010 g/mol. The molecule has 0 unspecified atom stereocenters. The van der Waals surface area contributed by atoms with Crippen molar-refractivity contribution in [2.45, 2.75) is 48.1 Å². The molecule has 0 bridgehead atoms. The van der Waals surface area contributed by atoms with E-state index < -0.39 is 34.9 Å². The molecule has 4 aliphatic rings. The highest BCUT2D eigenvalue weighted by atomic mass is 32.2. The standard InChI is InChI=1S/2C24H27F3N6OS/c2*1-30-7-4-15(10-21(30)34)23-28-29-24(31(23)2)35-9-3-6-32-13-16-5-8-33(20(16)14-32)22-18(26)11-17(25)12-19(22)27/h2*4,7,10-12,16,20H,3,5-6,8-9,13-14H2,1-2H3/t2*16-,20+/m10/s1. The number of pyridine rings is 2. The van der Waals surface area contributed by atoms with Gasteiger partial charge in [-0.3, -0.25) is 9.59 Å². The number of aryl methyl sites for hydroxylation is 2. The third-order valence-corrected chi connectivity index (χ3v) is 16.1. The molecule has 4 aromatic heterocycles. The van der Waals surface area contributed by atoms with Crippen molar-refractivity contribution < 1.29 is 26.3 Å². The van der Waals surface area contributed by atoms with Crippen LogP contribution in [-0.4, -0.2) is 124 Å². The van der Waals surface area contributed by atoms with E-state index in [1.54, 1.807) is 71.9 Å². The number of aromatic nitrogens is 8. The highest BCUT2D eigenvalue weighted by molar-refractivity contribution is 7.99. The molecule has 4 aliphatic heterocycles. The van der Waals surface area contributed by atoms with Crippen LogP contribution in [0.3, 0.4) is 0 Å². The third kappa shape index (κ3) is 10.4. The van der Waals surface area contributed by atoms with E-state index in [0.717, 1.165) is 122 Å². The predicted molar refractivity (Wildman–Crippen MR) is 258 cm³/mol. The molecule has 6 aromatic rings. The molecule has 70 heavy (non-hydrogen) atoms. The number of hydrogen-bond acceptors (Lipinski definition) is 12. The highest BCUT2D eigenvalue weighted by Crippen LogP contribution is 2.39. The van der Waals surface area contributed by atoms with Crippen molar-refractivity contribution >= 4 is 34.9 Å². The lowest BCUT2D eigenvalue weighted by Gasteiger charge is -2.27. The SMILES string of the molecule is Cn1c(SCCCN2C[C@@H]3CCN(c4c(F)cc(F)cc4F)[C@@H]3C2)nnc1-c1ccn(C)c(=O)c1.Cn1c(SCCCN2C[C@H]3CCN(c4c(F)cc(F)cc4F)[C@H]3C2)nnc1-c1ccn(C)c(=O)c1. The molecular weight excluding hydrogens is 955 g/mol. The number of likely N-dealkylation sites (tertiary alicyclic amines) is 2. The number of nitrogens with zero attached hydrogens (tertiary/aromatic N) is 12. The normalized spacial score (nSPS) is 20.1. The Morgan fingerprint density at radius 3 is 1.30 bits per heavy atom. The van der Waals surface area contributed by atoms with Crippen LogP contribution >= 0.6 is 23.5 Å². The van der Waals surface area contributed by atoms with Gasteiger partial charge in [-0.1, -0.05) is 23.5 Å². The average molecular weight is 1010 g/mol. The molecule has 0 N–H and O–H groups in total. The molecule has 2 aromatic carbocycles. The number of thioether (sulfide) groups is 2. The molecule has 4 saturated heterocycles. The van der Waals surface area contributed by atoms with Gasteiger partial charge in [-0.15, -0.1) is 20.4 Å². The van der Waals surface area contributed by atoms with Crippen molar-refractivity contribution in [3.8, 4) is 22.8 Å². The number of rotatable bonds is 14. The largest absolute Gasteiger partial charge is 0.362 e. The van der Waals surface area contributed by atoms with Crippen LogP contribution in [0.25, 0.3) is 22.8 Å². The minimum absolute atomic E-state index is 0.0389. The van der Waals surface area contributed by atoms with Crippen LogP contribution in [0.4, 0.5) is 37.7 Å². The summed E-state index contributed by atoms with van der Waals surface area (Å²) < 4.78 is 90.8. The second-order valence-electron chi connectivity index (χ2n) is 18.4. The molecule has 8 heterocycles. The first kappa shape index (κ1) is 49.4. The van der Waals surface area contributed by atoms with E-state index in [9.17, 15) is 35.9 Å². The Morgan fingerprint density at radius 2 is 0.929 bits per heavy atom. The summed E-state index contributed by atoms with van der Waals surface area (Å²) in [6, 6.07) is 9.89. The molecular formula is C48H54F6N12O2S2. The van der Waals surface area contributed by atoms with E-state index in [1.807, 2.05) is 35.4 Å². The first-order valence-corrected chi connectivity index (χ1v) is 25.3. The van der Waals surface area contributed by atoms with Gasteiger partial charge in [-0.25, -0.2) is 26.3 Å². The Labute approximate surface area is 409 Å². The van der Waals surface area contributed by atoms with Crippen molar-refractivity contribution in [3.63, 3.8) is 0 Å². The lowest BCUT2D eigenvalue weighted by molar-refractivity contribution is 0.318. The van der Waals surface area contributed by atoms with Crippen LogP contribution in [0, 0.1) is 46.7 Å². The van der Waals surface area contributed by atoms with Gasteiger partial charge >= 0.3 is 0 Å². The van der Waals surface area contributed by atoms with Gasteiger partial charge in [0.1, 0.15) is 23.0 Å². The van der Waals surface area contributed by atoms with Crippen LogP contribution in [0.5, 0.6) is 0 Å². The van der Waals surface area contributed by atoms with Crippen LogP contribution < -0.4 is 20.9 Å². The van der Waals surface area contributed by atoms with Crippen molar-refractivity contribution in [2.75, 3.05) is 73.7 Å². The molecule has 0 saturated carbocycles. The number of fused-ring (bicyclic) bond motifs is 2. The van der Waals surface area contributed by atoms with Gasteiger partial charge in [0.05, 0.1) is 0 Å². The fourth-order valence-electron chi connectivity index (χ4n) is 10.3. The predicted octanol–water partition coefficient (Wildman–Crippen LogP) is 6.58. The summed E-state index contributed by atoms with van der Waals surface area (Å²) in [7, 11) is 7.18. The van der Waals surface area contributed by atoms with Gasteiger partial charge in [0.2, 0.25) is 0 Å². The zero-order valence-electron chi connectivity index (χ0n) is 39.2. The summed E-state index contributed by atoms with van der Waals surface area (Å²) in [5.41, 5.74) is 1.06. The first-order chi connectivity index (χ1) is 33.6. The summed E-state index contributed by atoms with van der Waals surface area (Å²) in [4.78, 5) is 32.1. The lowest BCUT2D eigenvalue weighted by Crippen LogP contribution is -2.36. The third-order valence-electron chi connectivity index (χ3n) is 13.9. The van der Waals surface area contributed by atoms with E-state index in [0.29, 0.717) is 36.6 Å². The maximum absolute atomic E-state index is 14.3. The number of hydrogen-bond donors (Lipinski definition) is 0. The molecule has 372 valence electrons. The van der Waals surface area contributed by atoms with E-state index in [4.69, 9.17) is 0 Å². The van der Waals surface area contributed by atoms with Crippen molar-refractivity contribution in [1.82, 2.24) is 48.5 Å². The molecule has 22 heteroatoms. The van der Waals surface area contributed by atoms with Crippen molar-refractivity contribution in [3.05, 3.63) is 117 Å². The fourth-order valence-corrected chi connectivity index (χ4v) is 12.0. The Morgan fingerprint density at radius 1 is 0.543 bits per heavy atom. The quantitative estimate of drug-likeness (QED) is 0.0667. The van der Waals surface area contributed by atoms with E-state index in [-0.39, 0.29) is 34.6 Å². The lowest BCUT2D eigenvalue weighted by atomic mass is 10.0. The maximum atomic E-state index is 14.3. The molecule has 0 spiro atoms. The molecule has 0 radical (unpaired) electrons. The number of benzene rings is 2. The molecule has 0 aliphatic carbocycles. The van der Waals surface area contributed by atoms with E-state index in [2.05, 4.69) is 30.2 Å². The van der Waals surface area contributed by atoms with Gasteiger partial charge in [0.15, 0.2) is 45.2 Å². The number of anilines is 2. The van der Waals surface area contributed by atoms with Gasteiger partial charge < -0.3 is 37.9 Å². The molecule has 0 amide bonds. The molecule has 14 nitrogen and oxygen atoms in total. The highest BCUT2D eigenvalue weighted by Gasteiger charge is 2.44. The van der Waals surface area contributed by atoms with Gasteiger partial charge in [0.25, 0.3) is 11.1 Å². The zero-order valence-corrected chi connectivity index (χ0v) is 40.9. The summed E-state index contributed by atoms with van der Waals surface area (Å²) in [5, 5.41) is 18.6. The minimum Gasteiger partial charge on any atom is -0.362 e. The summed E-state index contributed by atoms with van der Waals surface area (Å²) in [6.45, 7) is 6.19. The van der Waals surface area contributed by atoms with Crippen molar-refractivity contribution in [1.29, 1.82) is 0 Å². The zero-order chi connectivity index (χ0) is 49.4. The molecule has 4 fully saturated rings. The second kappa shape index (κ2) is 21.0. The van der Waals surface area contributed by atoms with E-state index >= 15 is 0 Å². The Balaban J connectivity index is 0.000000174. The number of halogens is 6. The van der Waals surface area contributed by atoms with Crippen LogP contribution in [0.1, 0.15) is 25.7 Å². The average Bonchev–Trinajstić information content (AvgIpc) is 4.18.